The van der Waals surface area contributed by atoms with Crippen LogP contribution in [-0.4, -0.2) is 26.7 Å². The van der Waals surface area contributed by atoms with Gasteiger partial charge in [0.25, 0.3) is 0 Å². The molecule has 5 rings (SSSR count). The van der Waals surface area contributed by atoms with Crippen molar-refractivity contribution in [2.45, 2.75) is 19.4 Å². The quantitative estimate of drug-likeness (QED) is 0.515. The van der Waals surface area contributed by atoms with Gasteiger partial charge in [-0.15, -0.1) is 0 Å². The molecule has 1 aliphatic heterocycles. The van der Waals surface area contributed by atoms with E-state index >= 15 is 0 Å². The zero-order valence-electron chi connectivity index (χ0n) is 14.9. The Morgan fingerprint density at radius 2 is 1.81 bits per heavy atom. The lowest BCUT2D eigenvalue weighted by Crippen LogP contribution is -2.17. The molecule has 1 aliphatic rings. The minimum atomic E-state index is 0.635. The Morgan fingerprint density at radius 3 is 2.74 bits per heavy atom. The predicted molar refractivity (Wildman–Crippen MR) is 108 cm³/mol. The first-order valence-electron chi connectivity index (χ1n) is 9.24. The molecule has 27 heavy (non-hydrogen) atoms. The lowest BCUT2D eigenvalue weighted by Gasteiger charge is -2.21. The highest BCUT2D eigenvalue weighted by Crippen LogP contribution is 2.31. The van der Waals surface area contributed by atoms with Gasteiger partial charge in [0.05, 0.1) is 5.52 Å². The van der Waals surface area contributed by atoms with Gasteiger partial charge in [0.2, 0.25) is 0 Å². The van der Waals surface area contributed by atoms with Gasteiger partial charge in [0, 0.05) is 24.0 Å². The van der Waals surface area contributed by atoms with Crippen LogP contribution in [0.3, 0.4) is 0 Å². The van der Waals surface area contributed by atoms with Crippen LogP contribution in [0, 0.1) is 0 Å². The number of hydrogen-bond acceptors (Lipinski definition) is 5. The summed E-state index contributed by atoms with van der Waals surface area (Å²) in [7, 11) is 0. The summed E-state index contributed by atoms with van der Waals surface area (Å²) in [5, 5.41) is 15.5. The molecule has 3 N–H and O–H groups in total. The van der Waals surface area contributed by atoms with Crippen LogP contribution in [0.5, 0.6) is 0 Å². The van der Waals surface area contributed by atoms with E-state index in [2.05, 4.69) is 45.1 Å². The molecule has 0 amide bonds. The molecule has 6 nitrogen and oxygen atoms in total. The number of hydrogen-bond donors (Lipinski definition) is 3. The maximum absolute atomic E-state index is 4.85. The molecular formula is C21H20N6. The minimum absolute atomic E-state index is 0.635. The zero-order valence-corrected chi connectivity index (χ0v) is 14.9. The lowest BCUT2D eigenvalue weighted by atomic mass is 10.1. The van der Waals surface area contributed by atoms with Gasteiger partial charge in [-0.25, -0.2) is 9.97 Å². The fourth-order valence-electron chi connectivity index (χ4n) is 3.51. The van der Waals surface area contributed by atoms with Gasteiger partial charge in [0.1, 0.15) is 17.3 Å². The maximum Gasteiger partial charge on any atom is 0.184 e. The second-order valence-corrected chi connectivity index (χ2v) is 6.71. The Hall–Kier alpha value is -3.41. The van der Waals surface area contributed by atoms with Crippen molar-refractivity contribution in [1.29, 1.82) is 0 Å². The van der Waals surface area contributed by atoms with Crippen LogP contribution < -0.4 is 10.6 Å². The number of benzene rings is 2. The van der Waals surface area contributed by atoms with Crippen molar-refractivity contribution in [2.24, 2.45) is 0 Å². The van der Waals surface area contributed by atoms with E-state index in [4.69, 9.17) is 9.97 Å². The zero-order chi connectivity index (χ0) is 18.1. The molecule has 0 saturated heterocycles. The molecule has 6 heteroatoms. The third kappa shape index (κ3) is 2.99. The van der Waals surface area contributed by atoms with Crippen LogP contribution in [0.25, 0.3) is 22.4 Å². The van der Waals surface area contributed by atoms with Crippen molar-refractivity contribution in [3.05, 3.63) is 65.7 Å². The van der Waals surface area contributed by atoms with Gasteiger partial charge in [-0.3, -0.25) is 5.10 Å². The number of aromatic nitrogens is 4. The van der Waals surface area contributed by atoms with Crippen LogP contribution in [0.2, 0.25) is 0 Å². The normalized spacial score (nSPS) is 13.2. The van der Waals surface area contributed by atoms with Crippen molar-refractivity contribution in [1.82, 2.24) is 20.2 Å². The average Bonchev–Trinajstić information content (AvgIpc) is 3.17. The van der Waals surface area contributed by atoms with E-state index in [1.165, 1.54) is 5.56 Å². The molecule has 0 radical (unpaired) electrons. The maximum atomic E-state index is 4.85. The monoisotopic (exact) mass is 356 g/mol. The van der Waals surface area contributed by atoms with E-state index in [0.717, 1.165) is 59.7 Å². The number of rotatable bonds is 4. The van der Waals surface area contributed by atoms with Gasteiger partial charge in [-0.2, -0.15) is 5.10 Å². The van der Waals surface area contributed by atoms with E-state index in [1.807, 2.05) is 30.3 Å². The Labute approximate surface area is 157 Å². The Bertz CT molecular complexity index is 1090. The first-order chi connectivity index (χ1) is 13.4. The molecule has 2 aromatic heterocycles. The van der Waals surface area contributed by atoms with Crippen molar-refractivity contribution in [3.63, 3.8) is 0 Å². The van der Waals surface area contributed by atoms with E-state index in [9.17, 15) is 0 Å². The van der Waals surface area contributed by atoms with Crippen molar-refractivity contribution < 1.29 is 0 Å². The highest BCUT2D eigenvalue weighted by atomic mass is 15.2. The smallest absolute Gasteiger partial charge is 0.184 e. The Balaban J connectivity index is 1.56. The topological polar surface area (TPSA) is 78.5 Å². The Kier molecular flexibility index (Phi) is 3.93. The third-order valence-electron chi connectivity index (χ3n) is 4.89. The summed E-state index contributed by atoms with van der Waals surface area (Å²) >= 11 is 0. The van der Waals surface area contributed by atoms with Gasteiger partial charge >= 0.3 is 0 Å². The molecule has 0 saturated carbocycles. The van der Waals surface area contributed by atoms with E-state index in [-0.39, 0.29) is 0 Å². The fraction of sp³-hybridized carbons (Fsp3) is 0.190. The fourth-order valence-corrected chi connectivity index (χ4v) is 3.51. The second kappa shape index (κ2) is 6.72. The molecule has 0 bridgehead atoms. The minimum Gasteiger partial charge on any atom is -0.370 e. The van der Waals surface area contributed by atoms with Crippen LogP contribution in [0.4, 0.5) is 11.6 Å². The number of anilines is 2. The summed E-state index contributed by atoms with van der Waals surface area (Å²) in [6.07, 6.45) is 2.06. The Morgan fingerprint density at radius 1 is 0.963 bits per heavy atom. The van der Waals surface area contributed by atoms with Crippen LogP contribution >= 0.6 is 0 Å². The average molecular weight is 356 g/mol. The summed E-state index contributed by atoms with van der Waals surface area (Å²) in [4.78, 5) is 9.63. The second-order valence-electron chi connectivity index (χ2n) is 6.71. The van der Waals surface area contributed by atoms with Gasteiger partial charge in [-0.1, -0.05) is 48.5 Å². The number of H-pyrrole nitrogens is 1. The SMILES string of the molecule is c1ccc(CNc2nc(-c3n[nH]c4ccccc34)nc3c2CCCN3)cc1. The van der Waals surface area contributed by atoms with Gasteiger partial charge in [-0.05, 0) is 24.5 Å². The number of nitrogens with one attached hydrogen (secondary N) is 3. The van der Waals surface area contributed by atoms with E-state index in [1.54, 1.807) is 0 Å². The highest BCUT2D eigenvalue weighted by molar-refractivity contribution is 5.91. The molecule has 0 aliphatic carbocycles. The van der Waals surface area contributed by atoms with Crippen LogP contribution in [0.15, 0.2) is 54.6 Å². The summed E-state index contributed by atoms with van der Waals surface area (Å²) in [6.45, 7) is 1.66. The lowest BCUT2D eigenvalue weighted by molar-refractivity contribution is 0.809. The number of para-hydroxylation sites is 1. The predicted octanol–water partition coefficient (Wildman–Crippen LogP) is 3.99. The third-order valence-corrected chi connectivity index (χ3v) is 4.89. The first kappa shape index (κ1) is 15.8. The number of fused-ring (bicyclic) bond motifs is 2. The summed E-state index contributed by atoms with van der Waals surface area (Å²) in [6, 6.07) is 18.4. The highest BCUT2D eigenvalue weighted by Gasteiger charge is 2.20. The van der Waals surface area contributed by atoms with Crippen LogP contribution in [-0.2, 0) is 13.0 Å². The molecule has 3 heterocycles. The summed E-state index contributed by atoms with van der Waals surface area (Å²) in [5.74, 6) is 2.43. The van der Waals surface area contributed by atoms with Crippen molar-refractivity contribution in [3.8, 4) is 11.5 Å². The molecule has 4 aromatic rings. The molecule has 0 fully saturated rings. The molecule has 0 atom stereocenters. The summed E-state index contributed by atoms with van der Waals surface area (Å²) < 4.78 is 0. The number of aromatic amines is 1. The van der Waals surface area contributed by atoms with E-state index in [0.29, 0.717) is 5.82 Å². The first-order valence-corrected chi connectivity index (χ1v) is 9.24. The largest absolute Gasteiger partial charge is 0.370 e. The number of nitrogens with zero attached hydrogens (tertiary/aromatic N) is 3. The van der Waals surface area contributed by atoms with E-state index < -0.39 is 0 Å². The standard InChI is InChI=1S/C21H20N6/c1-2-7-14(8-3-1)13-23-20-16-10-6-12-22-19(16)24-21(25-20)18-15-9-4-5-11-17(15)26-27-18/h1-5,7-9,11H,6,10,12-13H2,(H,26,27)(H2,22,23,24,25). The summed E-state index contributed by atoms with van der Waals surface area (Å²) in [5.41, 5.74) is 4.14. The molecule has 0 unspecified atom stereocenters. The van der Waals surface area contributed by atoms with Crippen molar-refractivity contribution >= 4 is 22.5 Å². The molecule has 134 valence electrons. The molecular weight excluding hydrogens is 336 g/mol. The molecule has 0 spiro atoms. The van der Waals surface area contributed by atoms with Gasteiger partial charge < -0.3 is 10.6 Å². The molecule has 2 aromatic carbocycles. The van der Waals surface area contributed by atoms with Gasteiger partial charge in [0.15, 0.2) is 5.82 Å². The van der Waals surface area contributed by atoms with Crippen LogP contribution in [0.1, 0.15) is 17.5 Å². The van der Waals surface area contributed by atoms with Crippen molar-refractivity contribution in [2.75, 3.05) is 17.2 Å².